The molecule has 1 aromatic carbocycles. The Kier molecular flexibility index (Phi) is 6.62. The summed E-state index contributed by atoms with van der Waals surface area (Å²) in [6.07, 6.45) is 2.52. The molecule has 24 heavy (non-hydrogen) atoms. The Balaban J connectivity index is 2.37. The van der Waals surface area contributed by atoms with Crippen molar-refractivity contribution in [1.82, 2.24) is 0 Å². The summed E-state index contributed by atoms with van der Waals surface area (Å²) in [6, 6.07) is 7.08. The molecular weight excluding hydrogens is 310 g/mol. The van der Waals surface area contributed by atoms with Crippen LogP contribution in [-0.2, 0) is 5.60 Å². The zero-order valence-electron chi connectivity index (χ0n) is 15.0. The van der Waals surface area contributed by atoms with Crippen LogP contribution < -0.4 is 4.74 Å². The molecule has 0 amide bonds. The van der Waals surface area contributed by atoms with Gasteiger partial charge in [0.25, 0.3) is 0 Å². The van der Waals surface area contributed by atoms with Crippen molar-refractivity contribution in [3.05, 3.63) is 29.8 Å². The van der Waals surface area contributed by atoms with Crippen molar-refractivity contribution >= 4 is 0 Å². The van der Waals surface area contributed by atoms with Gasteiger partial charge in [-0.05, 0) is 56.7 Å². The predicted molar refractivity (Wildman–Crippen MR) is 92.5 cm³/mol. The molecule has 0 aromatic heterocycles. The fourth-order valence-electron chi connectivity index (χ4n) is 4.05. The van der Waals surface area contributed by atoms with Crippen LogP contribution in [0.4, 0.5) is 8.78 Å². The van der Waals surface area contributed by atoms with E-state index in [2.05, 4.69) is 0 Å². The van der Waals surface area contributed by atoms with Crippen molar-refractivity contribution in [3.63, 3.8) is 0 Å². The monoisotopic (exact) mass is 340 g/mol. The molecule has 0 spiro atoms. The molecule has 1 aliphatic carbocycles. The minimum atomic E-state index is -2.53. The quantitative estimate of drug-likeness (QED) is 0.707. The van der Waals surface area contributed by atoms with Crippen molar-refractivity contribution in [3.8, 4) is 5.75 Å². The molecule has 0 heterocycles. The molecule has 2 atom stereocenters. The highest BCUT2D eigenvalue weighted by molar-refractivity contribution is 5.32. The highest BCUT2D eigenvalue weighted by Crippen LogP contribution is 2.47. The van der Waals surface area contributed by atoms with Gasteiger partial charge < -0.3 is 9.84 Å². The third-order valence-electron chi connectivity index (χ3n) is 5.23. The van der Waals surface area contributed by atoms with Crippen LogP contribution >= 0.6 is 0 Å². The average molecular weight is 340 g/mol. The molecule has 4 heteroatoms. The summed E-state index contributed by atoms with van der Waals surface area (Å²) in [5.41, 5.74) is -0.877. The van der Waals surface area contributed by atoms with Crippen LogP contribution in [0.25, 0.3) is 0 Å². The van der Waals surface area contributed by atoms with Gasteiger partial charge in [0.1, 0.15) is 11.4 Å². The van der Waals surface area contributed by atoms with E-state index in [0.717, 1.165) is 32.1 Å². The minimum absolute atomic E-state index is 0.0533. The SMILES string of the molecule is CCC(C(F)F)C(O)(c1ccc(OC(C)C)cc1)C1CCCCC1. The smallest absolute Gasteiger partial charge is 0.244 e. The zero-order valence-corrected chi connectivity index (χ0v) is 15.0. The Morgan fingerprint density at radius 2 is 1.71 bits per heavy atom. The summed E-state index contributed by atoms with van der Waals surface area (Å²) in [5.74, 6) is -0.454. The molecule has 1 N–H and O–H groups in total. The normalized spacial score (nSPS) is 20.2. The van der Waals surface area contributed by atoms with E-state index in [1.807, 2.05) is 13.8 Å². The Labute approximate surface area is 144 Å². The highest BCUT2D eigenvalue weighted by Gasteiger charge is 2.48. The van der Waals surface area contributed by atoms with Crippen molar-refractivity contribution in [2.45, 2.75) is 77.4 Å². The number of alkyl halides is 2. The summed E-state index contributed by atoms with van der Waals surface area (Å²) in [5, 5.41) is 11.5. The van der Waals surface area contributed by atoms with Crippen LogP contribution in [0.15, 0.2) is 24.3 Å². The summed E-state index contributed by atoms with van der Waals surface area (Å²) < 4.78 is 33.0. The first kappa shape index (κ1) is 19.2. The van der Waals surface area contributed by atoms with Crippen LogP contribution in [0.1, 0.15) is 64.9 Å². The number of halogens is 2. The van der Waals surface area contributed by atoms with Crippen molar-refractivity contribution in [1.29, 1.82) is 0 Å². The fourth-order valence-corrected chi connectivity index (χ4v) is 4.05. The van der Waals surface area contributed by atoms with E-state index in [4.69, 9.17) is 4.74 Å². The first-order valence-corrected chi connectivity index (χ1v) is 9.17. The molecule has 1 aliphatic rings. The van der Waals surface area contributed by atoms with E-state index in [1.54, 1.807) is 31.2 Å². The van der Waals surface area contributed by atoms with Crippen LogP contribution in [0.5, 0.6) is 5.75 Å². The Morgan fingerprint density at radius 3 is 2.17 bits per heavy atom. The largest absolute Gasteiger partial charge is 0.491 e. The molecule has 2 rings (SSSR count). The number of hydrogen-bond donors (Lipinski definition) is 1. The van der Waals surface area contributed by atoms with E-state index in [0.29, 0.717) is 11.3 Å². The molecule has 2 nitrogen and oxygen atoms in total. The van der Waals surface area contributed by atoms with Gasteiger partial charge in [0, 0.05) is 0 Å². The second kappa shape index (κ2) is 8.28. The maximum atomic E-state index is 13.7. The van der Waals surface area contributed by atoms with E-state index in [-0.39, 0.29) is 18.4 Å². The van der Waals surface area contributed by atoms with Gasteiger partial charge >= 0.3 is 0 Å². The molecule has 0 saturated heterocycles. The van der Waals surface area contributed by atoms with E-state index >= 15 is 0 Å². The van der Waals surface area contributed by atoms with Crippen molar-refractivity contribution < 1.29 is 18.6 Å². The molecular formula is C20H30F2O2. The predicted octanol–water partition coefficient (Wildman–Crippen LogP) is 5.53. The summed E-state index contributed by atoms with van der Waals surface area (Å²) in [4.78, 5) is 0. The first-order valence-electron chi connectivity index (χ1n) is 9.17. The third-order valence-corrected chi connectivity index (χ3v) is 5.23. The lowest BCUT2D eigenvalue weighted by atomic mass is 9.66. The lowest BCUT2D eigenvalue weighted by molar-refractivity contribution is -0.136. The topological polar surface area (TPSA) is 29.5 Å². The van der Waals surface area contributed by atoms with Gasteiger partial charge in [-0.25, -0.2) is 8.78 Å². The van der Waals surface area contributed by atoms with Crippen LogP contribution in [0, 0.1) is 11.8 Å². The lowest BCUT2D eigenvalue weighted by Gasteiger charge is -2.44. The second-order valence-electron chi connectivity index (χ2n) is 7.20. The maximum Gasteiger partial charge on any atom is 0.244 e. The van der Waals surface area contributed by atoms with E-state index in [1.165, 1.54) is 0 Å². The standard InChI is InChI=1S/C20H30F2O2/c1-4-18(19(21)22)20(23,15-8-6-5-7-9-15)16-10-12-17(13-11-16)24-14(2)3/h10-15,18-19,23H,4-9H2,1-3H3. The zero-order chi connectivity index (χ0) is 17.7. The second-order valence-corrected chi connectivity index (χ2v) is 7.20. The van der Waals surface area contributed by atoms with Gasteiger partial charge in [-0.15, -0.1) is 0 Å². The maximum absolute atomic E-state index is 13.7. The van der Waals surface area contributed by atoms with Crippen LogP contribution in [0.3, 0.4) is 0 Å². The van der Waals surface area contributed by atoms with Crippen LogP contribution in [0.2, 0.25) is 0 Å². The average Bonchev–Trinajstić information content (AvgIpc) is 2.56. The van der Waals surface area contributed by atoms with Crippen molar-refractivity contribution in [2.75, 3.05) is 0 Å². The molecule has 0 bridgehead atoms. The lowest BCUT2D eigenvalue weighted by Crippen LogP contribution is -2.46. The van der Waals surface area contributed by atoms with Crippen molar-refractivity contribution in [2.24, 2.45) is 11.8 Å². The van der Waals surface area contributed by atoms with Gasteiger partial charge in [-0.3, -0.25) is 0 Å². The number of hydrogen-bond acceptors (Lipinski definition) is 2. The fraction of sp³-hybridized carbons (Fsp3) is 0.700. The number of aliphatic hydroxyl groups is 1. The summed E-state index contributed by atoms with van der Waals surface area (Å²) in [6.45, 7) is 5.62. The first-order chi connectivity index (χ1) is 11.4. The van der Waals surface area contributed by atoms with E-state index in [9.17, 15) is 13.9 Å². The molecule has 0 radical (unpaired) electrons. The molecule has 1 aromatic rings. The molecule has 136 valence electrons. The molecule has 2 unspecified atom stereocenters. The molecule has 1 fully saturated rings. The molecule has 0 aliphatic heterocycles. The minimum Gasteiger partial charge on any atom is -0.491 e. The number of rotatable bonds is 7. The highest BCUT2D eigenvalue weighted by atomic mass is 19.3. The Morgan fingerprint density at radius 1 is 1.12 bits per heavy atom. The van der Waals surface area contributed by atoms with E-state index < -0.39 is 17.9 Å². The van der Waals surface area contributed by atoms with Gasteiger partial charge in [-0.2, -0.15) is 0 Å². The Bertz CT molecular complexity index is 495. The summed E-state index contributed by atoms with van der Waals surface area (Å²) >= 11 is 0. The van der Waals surface area contributed by atoms with Gasteiger partial charge in [-0.1, -0.05) is 38.3 Å². The molecule has 1 saturated carbocycles. The Hall–Kier alpha value is -1.16. The summed E-state index contributed by atoms with van der Waals surface area (Å²) in [7, 11) is 0. The van der Waals surface area contributed by atoms with Gasteiger partial charge in [0.05, 0.1) is 12.0 Å². The number of ether oxygens (including phenoxy) is 1. The van der Waals surface area contributed by atoms with Crippen LogP contribution in [-0.4, -0.2) is 17.6 Å². The van der Waals surface area contributed by atoms with Gasteiger partial charge in [0.15, 0.2) is 0 Å². The number of benzene rings is 1. The third kappa shape index (κ3) is 4.08. The van der Waals surface area contributed by atoms with Gasteiger partial charge in [0.2, 0.25) is 6.43 Å².